The van der Waals surface area contributed by atoms with E-state index in [1.54, 1.807) is 7.11 Å². The Morgan fingerprint density at radius 3 is 2.67 bits per heavy atom. The number of anilines is 2. The molecule has 0 radical (unpaired) electrons. The first-order valence-corrected chi connectivity index (χ1v) is 9.29. The molecule has 116 valence electrons. The van der Waals surface area contributed by atoms with Crippen molar-refractivity contribution in [2.75, 3.05) is 37.6 Å². The van der Waals surface area contributed by atoms with Gasteiger partial charge in [0.2, 0.25) is 0 Å². The first-order valence-electron chi connectivity index (χ1n) is 6.58. The summed E-state index contributed by atoms with van der Waals surface area (Å²) in [6.45, 7) is 1.36. The molecular formula is C13H19N3O3S2. The Bertz CT molecular complexity index is 670. The highest BCUT2D eigenvalue weighted by Gasteiger charge is 2.42. The van der Waals surface area contributed by atoms with Crippen LogP contribution in [0.4, 0.5) is 10.7 Å². The molecule has 0 aromatic carbocycles. The van der Waals surface area contributed by atoms with Gasteiger partial charge in [-0.2, -0.15) is 5.26 Å². The molecule has 0 unspecified atom stereocenters. The van der Waals surface area contributed by atoms with Crippen LogP contribution in [0.25, 0.3) is 0 Å². The van der Waals surface area contributed by atoms with Crippen LogP contribution in [0, 0.1) is 16.7 Å². The highest BCUT2D eigenvalue weighted by molar-refractivity contribution is 7.91. The average Bonchev–Trinajstić information content (AvgIpc) is 3.10. The monoisotopic (exact) mass is 329 g/mol. The summed E-state index contributed by atoms with van der Waals surface area (Å²) < 4.78 is 28.9. The van der Waals surface area contributed by atoms with Crippen molar-refractivity contribution in [2.24, 2.45) is 5.41 Å². The molecule has 1 fully saturated rings. The molecule has 0 aliphatic heterocycles. The van der Waals surface area contributed by atoms with E-state index < -0.39 is 9.84 Å². The second-order valence-electron chi connectivity index (χ2n) is 5.48. The number of hydrogen-bond acceptors (Lipinski definition) is 7. The van der Waals surface area contributed by atoms with Gasteiger partial charge in [0.15, 0.2) is 9.84 Å². The molecule has 3 N–H and O–H groups in total. The molecule has 21 heavy (non-hydrogen) atoms. The predicted octanol–water partition coefficient (Wildman–Crippen LogP) is 1.83. The number of hydrogen-bond donors (Lipinski definition) is 2. The van der Waals surface area contributed by atoms with E-state index in [9.17, 15) is 8.42 Å². The molecule has 1 aromatic rings. The number of rotatable bonds is 7. The fourth-order valence-corrected chi connectivity index (χ4v) is 4.64. The van der Waals surface area contributed by atoms with Crippen molar-refractivity contribution in [3.8, 4) is 6.07 Å². The fourth-order valence-electron chi connectivity index (χ4n) is 2.27. The van der Waals surface area contributed by atoms with Gasteiger partial charge in [-0.1, -0.05) is 0 Å². The zero-order valence-corrected chi connectivity index (χ0v) is 13.7. The van der Waals surface area contributed by atoms with Crippen molar-refractivity contribution in [1.82, 2.24) is 0 Å². The maximum absolute atomic E-state index is 11.9. The van der Waals surface area contributed by atoms with Gasteiger partial charge in [0.1, 0.15) is 20.8 Å². The van der Waals surface area contributed by atoms with Crippen molar-refractivity contribution in [3.05, 3.63) is 4.88 Å². The minimum absolute atomic E-state index is 0.0478. The highest BCUT2D eigenvalue weighted by Crippen LogP contribution is 2.49. The van der Waals surface area contributed by atoms with E-state index in [-0.39, 0.29) is 20.9 Å². The summed E-state index contributed by atoms with van der Waals surface area (Å²) >= 11 is 1.10. The van der Waals surface area contributed by atoms with Gasteiger partial charge in [0.05, 0.1) is 5.69 Å². The number of nitrogens with zero attached hydrogens (tertiary/aromatic N) is 1. The summed E-state index contributed by atoms with van der Waals surface area (Å²) in [6, 6.07) is 1.94. The van der Waals surface area contributed by atoms with Crippen LogP contribution in [0.2, 0.25) is 0 Å². The topological polar surface area (TPSA) is 105 Å². The van der Waals surface area contributed by atoms with Gasteiger partial charge in [-0.25, -0.2) is 8.42 Å². The Labute approximate surface area is 128 Å². The number of nitrogens with one attached hydrogen (secondary N) is 1. The number of nitriles is 1. The fraction of sp³-hybridized carbons (Fsp3) is 0.615. The number of nitrogens with two attached hydrogens (primary N) is 1. The number of thiophene rings is 1. The Kier molecular flexibility index (Phi) is 4.46. The highest BCUT2D eigenvalue weighted by atomic mass is 32.2. The Hall–Kier alpha value is -1.30. The zero-order valence-electron chi connectivity index (χ0n) is 12.1. The van der Waals surface area contributed by atoms with Crippen LogP contribution >= 0.6 is 11.3 Å². The van der Waals surface area contributed by atoms with E-state index in [0.717, 1.165) is 36.9 Å². The second-order valence-corrected chi connectivity index (χ2v) is 8.46. The SMILES string of the molecule is COCCC1(CNc2sc(C#N)c(N)c2S(C)(=O)=O)CC1. The molecule has 0 amide bonds. The summed E-state index contributed by atoms with van der Waals surface area (Å²) in [5.74, 6) is 0. The maximum Gasteiger partial charge on any atom is 0.180 e. The van der Waals surface area contributed by atoms with Crippen LogP contribution < -0.4 is 11.1 Å². The molecule has 8 heteroatoms. The summed E-state index contributed by atoms with van der Waals surface area (Å²) in [6.07, 6.45) is 4.25. The zero-order chi connectivity index (χ0) is 15.7. The third kappa shape index (κ3) is 3.48. The minimum Gasteiger partial charge on any atom is -0.396 e. The molecular weight excluding hydrogens is 310 g/mol. The van der Waals surface area contributed by atoms with E-state index in [0.29, 0.717) is 18.2 Å². The van der Waals surface area contributed by atoms with Crippen LogP contribution in [-0.4, -0.2) is 34.9 Å². The van der Waals surface area contributed by atoms with Crippen molar-refractivity contribution in [1.29, 1.82) is 5.26 Å². The van der Waals surface area contributed by atoms with E-state index in [4.69, 9.17) is 15.7 Å². The molecule has 1 aliphatic carbocycles. The largest absolute Gasteiger partial charge is 0.396 e. The van der Waals surface area contributed by atoms with Gasteiger partial charge < -0.3 is 15.8 Å². The molecule has 0 saturated heterocycles. The molecule has 2 rings (SSSR count). The molecule has 1 aliphatic rings. The number of sulfone groups is 1. The Balaban J connectivity index is 2.19. The lowest BCUT2D eigenvalue weighted by molar-refractivity contribution is 0.175. The smallest absolute Gasteiger partial charge is 0.180 e. The number of ether oxygens (including phenoxy) is 1. The number of methoxy groups -OCH3 is 1. The van der Waals surface area contributed by atoms with E-state index in [1.807, 2.05) is 6.07 Å². The van der Waals surface area contributed by atoms with Crippen LogP contribution in [0.5, 0.6) is 0 Å². The lowest BCUT2D eigenvalue weighted by atomic mass is 10.0. The predicted molar refractivity (Wildman–Crippen MR) is 83.2 cm³/mol. The van der Waals surface area contributed by atoms with Gasteiger partial charge in [0.25, 0.3) is 0 Å². The van der Waals surface area contributed by atoms with Crippen molar-refractivity contribution in [2.45, 2.75) is 24.2 Å². The van der Waals surface area contributed by atoms with E-state index >= 15 is 0 Å². The first kappa shape index (κ1) is 16.1. The summed E-state index contributed by atoms with van der Waals surface area (Å²) in [5.41, 5.74) is 6.01. The summed E-state index contributed by atoms with van der Waals surface area (Å²) in [5, 5.41) is 12.7. The lowest BCUT2D eigenvalue weighted by Crippen LogP contribution is -2.18. The van der Waals surface area contributed by atoms with Gasteiger partial charge in [-0.3, -0.25) is 0 Å². The quantitative estimate of drug-likeness (QED) is 0.790. The van der Waals surface area contributed by atoms with Gasteiger partial charge in [-0.15, -0.1) is 11.3 Å². The average molecular weight is 329 g/mol. The van der Waals surface area contributed by atoms with Crippen LogP contribution in [-0.2, 0) is 14.6 Å². The molecule has 0 bridgehead atoms. The third-order valence-corrected chi connectivity index (χ3v) is 6.15. The normalized spacial score (nSPS) is 16.4. The van der Waals surface area contributed by atoms with Gasteiger partial charge >= 0.3 is 0 Å². The van der Waals surface area contributed by atoms with E-state index in [2.05, 4.69) is 5.32 Å². The molecule has 1 aromatic heterocycles. The van der Waals surface area contributed by atoms with Crippen molar-refractivity contribution >= 4 is 31.9 Å². The third-order valence-electron chi connectivity index (χ3n) is 3.79. The van der Waals surface area contributed by atoms with Gasteiger partial charge in [-0.05, 0) is 24.7 Å². The maximum atomic E-state index is 11.9. The Morgan fingerprint density at radius 1 is 1.52 bits per heavy atom. The first-order chi connectivity index (χ1) is 9.83. The molecule has 6 nitrogen and oxygen atoms in total. The Morgan fingerprint density at radius 2 is 2.19 bits per heavy atom. The van der Waals surface area contributed by atoms with Crippen LogP contribution in [0.3, 0.4) is 0 Å². The van der Waals surface area contributed by atoms with Crippen molar-refractivity contribution in [3.63, 3.8) is 0 Å². The standard InChI is InChI=1S/C13H19N3O3S2/c1-19-6-5-13(3-4-13)8-16-12-11(21(2,17)18)10(15)9(7-14)20-12/h16H,3-6,8,15H2,1-2H3. The minimum atomic E-state index is -3.47. The lowest BCUT2D eigenvalue weighted by Gasteiger charge is -2.16. The molecule has 0 spiro atoms. The molecule has 0 atom stereocenters. The summed E-state index contributed by atoms with van der Waals surface area (Å²) in [4.78, 5) is 0.284. The van der Waals surface area contributed by atoms with Crippen LogP contribution in [0.1, 0.15) is 24.1 Å². The van der Waals surface area contributed by atoms with E-state index in [1.165, 1.54) is 0 Å². The van der Waals surface area contributed by atoms with Crippen LogP contribution in [0.15, 0.2) is 4.90 Å². The summed E-state index contributed by atoms with van der Waals surface area (Å²) in [7, 11) is -1.80. The molecule has 1 saturated carbocycles. The van der Waals surface area contributed by atoms with Crippen molar-refractivity contribution < 1.29 is 13.2 Å². The molecule has 1 heterocycles. The number of nitrogen functional groups attached to an aromatic ring is 1. The van der Waals surface area contributed by atoms with Gasteiger partial charge in [0, 0.05) is 26.5 Å². The second kappa shape index (κ2) is 5.83.